The van der Waals surface area contributed by atoms with Gasteiger partial charge in [-0.25, -0.2) is 4.98 Å². The minimum Gasteiger partial charge on any atom is -0.454 e. The molecule has 166 valence electrons. The van der Waals surface area contributed by atoms with Crippen LogP contribution >= 0.6 is 11.3 Å². The lowest BCUT2D eigenvalue weighted by molar-refractivity contribution is 0.0626. The van der Waals surface area contributed by atoms with Gasteiger partial charge in [-0.05, 0) is 43.4 Å². The molecule has 1 fully saturated rings. The van der Waals surface area contributed by atoms with Crippen LogP contribution in [0.3, 0.4) is 0 Å². The zero-order valence-corrected chi connectivity index (χ0v) is 18.5. The zero-order valence-electron chi connectivity index (χ0n) is 17.7. The maximum atomic E-state index is 13.2. The lowest BCUT2D eigenvalue weighted by Crippen LogP contribution is -2.49. The minimum absolute atomic E-state index is 0.179. The highest BCUT2D eigenvalue weighted by Crippen LogP contribution is 2.33. The number of amides is 1. The molecule has 3 aromatic rings. The largest absolute Gasteiger partial charge is 0.454 e. The van der Waals surface area contributed by atoms with E-state index in [1.165, 1.54) is 11.1 Å². The Kier molecular flexibility index (Phi) is 4.87. The maximum absolute atomic E-state index is 13.2. The monoisotopic (exact) mass is 452 g/mol. The number of piperazine rings is 1. The number of hydrogen-bond donors (Lipinski definition) is 0. The molecule has 1 aliphatic carbocycles. The number of aromatic nitrogens is 2. The Bertz CT molecular complexity index is 1260. The molecule has 32 heavy (non-hydrogen) atoms. The van der Waals surface area contributed by atoms with E-state index in [2.05, 4.69) is 9.88 Å². The Morgan fingerprint density at radius 2 is 1.88 bits per heavy atom. The van der Waals surface area contributed by atoms with Gasteiger partial charge in [-0.2, -0.15) is 0 Å². The van der Waals surface area contributed by atoms with Crippen LogP contribution in [0.4, 0.5) is 0 Å². The molecule has 1 amide bonds. The summed E-state index contributed by atoms with van der Waals surface area (Å²) in [5.74, 6) is 1.36. The molecule has 1 saturated heterocycles. The van der Waals surface area contributed by atoms with Gasteiger partial charge in [0.05, 0.1) is 0 Å². The Hall–Kier alpha value is -2.91. The van der Waals surface area contributed by atoms with Crippen molar-refractivity contribution in [3.8, 4) is 11.5 Å². The van der Waals surface area contributed by atoms with Gasteiger partial charge in [-0.1, -0.05) is 6.07 Å². The van der Waals surface area contributed by atoms with E-state index in [1.807, 2.05) is 18.2 Å². The molecule has 0 radical (unpaired) electrons. The third-order valence-corrected chi connectivity index (χ3v) is 7.69. The second-order valence-electron chi connectivity index (χ2n) is 8.53. The van der Waals surface area contributed by atoms with Crippen LogP contribution in [0.25, 0.3) is 4.96 Å². The zero-order chi connectivity index (χ0) is 21.7. The van der Waals surface area contributed by atoms with Crippen LogP contribution in [0.5, 0.6) is 11.5 Å². The first-order chi connectivity index (χ1) is 15.7. The number of benzene rings is 1. The van der Waals surface area contributed by atoms with Gasteiger partial charge in [0, 0.05) is 49.5 Å². The maximum Gasteiger partial charge on any atom is 0.271 e. The minimum atomic E-state index is -0.220. The lowest BCUT2D eigenvalue weighted by atomic mass is 10.0. The van der Waals surface area contributed by atoms with E-state index in [0.29, 0.717) is 18.1 Å². The normalized spacial score (nSPS) is 18.2. The van der Waals surface area contributed by atoms with Crippen molar-refractivity contribution in [2.75, 3.05) is 33.0 Å². The van der Waals surface area contributed by atoms with Gasteiger partial charge in [0.15, 0.2) is 16.5 Å². The first-order valence-corrected chi connectivity index (χ1v) is 11.9. The first-order valence-electron chi connectivity index (χ1n) is 11.1. The van der Waals surface area contributed by atoms with Gasteiger partial charge in [-0.3, -0.25) is 18.9 Å². The van der Waals surface area contributed by atoms with Crippen LogP contribution in [-0.4, -0.2) is 58.1 Å². The van der Waals surface area contributed by atoms with Crippen molar-refractivity contribution in [1.29, 1.82) is 0 Å². The molecule has 0 saturated carbocycles. The number of nitrogens with zero attached hydrogens (tertiary/aromatic N) is 4. The van der Waals surface area contributed by atoms with Crippen LogP contribution in [0, 0.1) is 0 Å². The number of carbonyl (C=O) groups is 1. The van der Waals surface area contributed by atoms with Crippen LogP contribution in [0.15, 0.2) is 29.2 Å². The van der Waals surface area contributed by atoms with Crippen molar-refractivity contribution in [2.24, 2.45) is 0 Å². The first kappa shape index (κ1) is 19.8. The lowest BCUT2D eigenvalue weighted by Gasteiger charge is -2.34. The van der Waals surface area contributed by atoms with Crippen LogP contribution < -0.4 is 15.0 Å². The summed E-state index contributed by atoms with van der Waals surface area (Å²) in [6.45, 7) is 3.75. The summed E-state index contributed by atoms with van der Waals surface area (Å²) in [5, 5.41) is 0. The summed E-state index contributed by atoms with van der Waals surface area (Å²) in [6, 6.07) is 6.01. The highest BCUT2D eigenvalue weighted by molar-refractivity contribution is 7.17. The highest BCUT2D eigenvalue weighted by atomic mass is 32.1. The topological polar surface area (TPSA) is 76.4 Å². The molecule has 6 rings (SSSR count). The fourth-order valence-corrected chi connectivity index (χ4v) is 5.96. The number of ether oxygens (including phenoxy) is 2. The predicted molar refractivity (Wildman–Crippen MR) is 120 cm³/mol. The number of fused-ring (bicyclic) bond motifs is 4. The summed E-state index contributed by atoms with van der Waals surface area (Å²) < 4.78 is 12.5. The van der Waals surface area contributed by atoms with Gasteiger partial charge in [0.2, 0.25) is 6.79 Å². The van der Waals surface area contributed by atoms with Crippen molar-refractivity contribution in [1.82, 2.24) is 19.2 Å². The molecule has 0 bridgehead atoms. The van der Waals surface area contributed by atoms with Crippen molar-refractivity contribution < 1.29 is 14.3 Å². The number of aryl methyl sites for hydroxylation is 2. The fourth-order valence-electron chi connectivity index (χ4n) is 4.79. The molecule has 0 N–H and O–H groups in total. The third kappa shape index (κ3) is 3.36. The molecule has 2 aliphatic heterocycles. The highest BCUT2D eigenvalue weighted by Gasteiger charge is 2.27. The van der Waals surface area contributed by atoms with Gasteiger partial charge >= 0.3 is 0 Å². The molecule has 0 spiro atoms. The van der Waals surface area contributed by atoms with Crippen molar-refractivity contribution in [2.45, 2.75) is 32.2 Å². The average Bonchev–Trinajstić information content (AvgIpc) is 3.43. The Morgan fingerprint density at radius 1 is 1.06 bits per heavy atom. The molecule has 0 unspecified atom stereocenters. The summed E-state index contributed by atoms with van der Waals surface area (Å²) in [5.41, 5.74) is 2.17. The predicted octanol–water partition coefficient (Wildman–Crippen LogP) is 2.32. The number of rotatable bonds is 3. The third-order valence-electron chi connectivity index (χ3n) is 6.54. The van der Waals surface area contributed by atoms with Crippen LogP contribution in [0.2, 0.25) is 0 Å². The van der Waals surface area contributed by atoms with E-state index < -0.39 is 0 Å². The quantitative estimate of drug-likeness (QED) is 0.607. The summed E-state index contributed by atoms with van der Waals surface area (Å²) in [6.07, 6.45) is 5.58. The van der Waals surface area contributed by atoms with Gasteiger partial charge in [0.1, 0.15) is 5.56 Å². The second-order valence-corrected chi connectivity index (χ2v) is 9.59. The van der Waals surface area contributed by atoms with Crippen molar-refractivity contribution >= 4 is 22.2 Å². The SMILES string of the molecule is O=C(c1cnc2sc3c(n2c1=O)CCCC3)N1CCN(Cc2ccc3c(c2)OCO3)CC1. The fraction of sp³-hybridized carbons (Fsp3) is 0.435. The summed E-state index contributed by atoms with van der Waals surface area (Å²) in [4.78, 5) is 36.9. The van der Waals surface area contributed by atoms with Gasteiger partial charge in [0.25, 0.3) is 11.5 Å². The average molecular weight is 453 g/mol. The molecule has 9 heteroatoms. The molecule has 8 nitrogen and oxygen atoms in total. The number of carbonyl (C=O) groups excluding carboxylic acids is 1. The molecule has 3 aliphatic rings. The Labute approximate surface area is 189 Å². The molecular weight excluding hydrogens is 428 g/mol. The Balaban J connectivity index is 1.16. The van der Waals surface area contributed by atoms with E-state index in [1.54, 1.807) is 20.6 Å². The second kappa shape index (κ2) is 7.90. The van der Waals surface area contributed by atoms with Crippen molar-refractivity contribution in [3.05, 3.63) is 56.4 Å². The van der Waals surface area contributed by atoms with Gasteiger partial charge < -0.3 is 14.4 Å². The molecule has 0 atom stereocenters. The molecule has 2 aromatic heterocycles. The van der Waals surface area contributed by atoms with E-state index in [-0.39, 0.29) is 23.8 Å². The number of thiazole rings is 1. The van der Waals surface area contributed by atoms with E-state index in [9.17, 15) is 9.59 Å². The van der Waals surface area contributed by atoms with E-state index in [0.717, 1.165) is 68.1 Å². The van der Waals surface area contributed by atoms with E-state index >= 15 is 0 Å². The van der Waals surface area contributed by atoms with Crippen molar-refractivity contribution in [3.63, 3.8) is 0 Å². The number of hydrogen-bond acceptors (Lipinski definition) is 7. The summed E-state index contributed by atoms with van der Waals surface area (Å²) in [7, 11) is 0. The van der Waals surface area contributed by atoms with E-state index in [4.69, 9.17) is 9.47 Å². The Morgan fingerprint density at radius 3 is 2.75 bits per heavy atom. The molecule has 4 heterocycles. The molecular formula is C23H24N4O4S. The van der Waals surface area contributed by atoms with Crippen LogP contribution in [-0.2, 0) is 19.4 Å². The summed E-state index contributed by atoms with van der Waals surface area (Å²) >= 11 is 1.58. The molecule has 1 aromatic carbocycles. The smallest absolute Gasteiger partial charge is 0.271 e. The van der Waals surface area contributed by atoms with Crippen LogP contribution in [0.1, 0.15) is 39.3 Å². The standard InChI is InChI=1S/C23H24N4O4S/c28-21(16-12-24-23-27(22(16)29)17-3-1-2-4-20(17)32-23)26-9-7-25(8-10-26)13-15-5-6-18-19(11-15)31-14-30-18/h5-6,11-12H,1-4,7-10,13-14H2. The van der Waals surface area contributed by atoms with Gasteiger partial charge in [-0.15, -0.1) is 11.3 Å².